The smallest absolute Gasteiger partial charge is 0.177 e. The highest BCUT2D eigenvalue weighted by Crippen LogP contribution is 2.26. The quantitative estimate of drug-likeness (QED) is 0.697. The molecule has 0 radical (unpaired) electrons. The third-order valence-corrected chi connectivity index (χ3v) is 5.40. The van der Waals surface area contributed by atoms with Crippen molar-refractivity contribution >= 4 is 17.0 Å². The molecular formula is C19H21N3O2S. The van der Waals surface area contributed by atoms with Crippen LogP contribution in [0.4, 0.5) is 5.69 Å². The molecule has 5 nitrogen and oxygen atoms in total. The van der Waals surface area contributed by atoms with Crippen molar-refractivity contribution in [2.75, 3.05) is 38.2 Å². The summed E-state index contributed by atoms with van der Waals surface area (Å²) in [7, 11) is 1.70. The zero-order chi connectivity index (χ0) is 17.1. The highest BCUT2D eigenvalue weighted by molar-refractivity contribution is 7.13. The van der Waals surface area contributed by atoms with E-state index in [0.717, 1.165) is 54.8 Å². The van der Waals surface area contributed by atoms with Crippen molar-refractivity contribution < 1.29 is 9.26 Å². The number of methoxy groups -OCH3 is 1. The van der Waals surface area contributed by atoms with Gasteiger partial charge in [0.05, 0.1) is 17.7 Å². The maximum atomic E-state index is 5.47. The Hall–Kier alpha value is -2.31. The van der Waals surface area contributed by atoms with Gasteiger partial charge in [0.25, 0.3) is 0 Å². The van der Waals surface area contributed by atoms with E-state index < -0.39 is 0 Å². The maximum Gasteiger partial charge on any atom is 0.177 e. The van der Waals surface area contributed by atoms with Crippen LogP contribution in [0.3, 0.4) is 0 Å². The molecule has 0 saturated carbocycles. The van der Waals surface area contributed by atoms with Crippen molar-refractivity contribution in [2.45, 2.75) is 6.54 Å². The van der Waals surface area contributed by atoms with E-state index in [1.807, 2.05) is 18.2 Å². The number of piperazine rings is 1. The summed E-state index contributed by atoms with van der Waals surface area (Å²) in [4.78, 5) is 5.97. The normalized spacial score (nSPS) is 15.5. The van der Waals surface area contributed by atoms with Crippen LogP contribution in [0.5, 0.6) is 5.75 Å². The third-order valence-electron chi connectivity index (χ3n) is 4.52. The highest BCUT2D eigenvalue weighted by atomic mass is 32.1. The van der Waals surface area contributed by atoms with E-state index in [-0.39, 0.29) is 0 Å². The first-order chi connectivity index (χ1) is 12.3. The van der Waals surface area contributed by atoms with E-state index in [9.17, 15) is 0 Å². The van der Waals surface area contributed by atoms with Crippen LogP contribution >= 0.6 is 11.3 Å². The summed E-state index contributed by atoms with van der Waals surface area (Å²) >= 11 is 1.67. The Morgan fingerprint density at radius 1 is 1.12 bits per heavy atom. The lowest BCUT2D eigenvalue weighted by Gasteiger charge is -2.35. The van der Waals surface area contributed by atoms with Crippen LogP contribution in [0.2, 0.25) is 0 Å². The summed E-state index contributed by atoms with van der Waals surface area (Å²) in [5.74, 6) is 1.76. The van der Waals surface area contributed by atoms with Gasteiger partial charge in [0.15, 0.2) is 5.76 Å². The molecule has 0 atom stereocenters. The van der Waals surface area contributed by atoms with Gasteiger partial charge in [-0.1, -0.05) is 11.2 Å². The zero-order valence-electron chi connectivity index (χ0n) is 14.2. The lowest BCUT2D eigenvalue weighted by Crippen LogP contribution is -2.46. The molecule has 3 heterocycles. The van der Waals surface area contributed by atoms with E-state index in [2.05, 4.69) is 44.6 Å². The Morgan fingerprint density at radius 2 is 1.92 bits per heavy atom. The molecule has 4 rings (SSSR count). The number of hydrogen-bond acceptors (Lipinski definition) is 6. The molecule has 130 valence electrons. The van der Waals surface area contributed by atoms with Crippen molar-refractivity contribution in [3.63, 3.8) is 0 Å². The van der Waals surface area contributed by atoms with Gasteiger partial charge in [0.2, 0.25) is 0 Å². The number of thiophene rings is 1. The summed E-state index contributed by atoms with van der Waals surface area (Å²) in [6.45, 7) is 4.91. The second kappa shape index (κ2) is 7.29. The first-order valence-corrected chi connectivity index (χ1v) is 9.30. The van der Waals surface area contributed by atoms with Crippen LogP contribution in [-0.2, 0) is 6.54 Å². The van der Waals surface area contributed by atoms with Gasteiger partial charge in [-0.2, -0.15) is 0 Å². The Kier molecular flexibility index (Phi) is 4.72. The maximum absolute atomic E-state index is 5.47. The molecule has 0 N–H and O–H groups in total. The average Bonchev–Trinajstić information content (AvgIpc) is 3.34. The third kappa shape index (κ3) is 3.70. The van der Waals surface area contributed by atoms with Gasteiger partial charge < -0.3 is 14.2 Å². The molecule has 6 heteroatoms. The van der Waals surface area contributed by atoms with E-state index in [1.54, 1.807) is 18.4 Å². The Labute approximate surface area is 151 Å². The number of rotatable bonds is 5. The second-order valence-corrected chi connectivity index (χ2v) is 7.07. The molecule has 1 aliphatic rings. The van der Waals surface area contributed by atoms with Crippen molar-refractivity contribution in [2.24, 2.45) is 0 Å². The standard InChI is InChI=1S/C19H21N3O2S/c1-23-17-6-4-16(5-7-17)22-10-8-21(9-11-22)14-15-13-18(24-20-15)19-3-2-12-25-19/h2-7,12-13H,8-11,14H2,1H3. The molecule has 3 aromatic rings. The Bertz CT molecular complexity index is 790. The van der Waals surface area contributed by atoms with Crippen LogP contribution in [0.25, 0.3) is 10.6 Å². The molecule has 2 aromatic heterocycles. The second-order valence-electron chi connectivity index (χ2n) is 6.12. The predicted octanol–water partition coefficient (Wildman–Crippen LogP) is 3.73. The Balaban J connectivity index is 1.33. The summed E-state index contributed by atoms with van der Waals surface area (Å²) in [6, 6.07) is 14.4. The number of benzene rings is 1. The lowest BCUT2D eigenvalue weighted by atomic mass is 10.2. The molecule has 1 saturated heterocycles. The van der Waals surface area contributed by atoms with Gasteiger partial charge in [-0.25, -0.2) is 0 Å². The van der Waals surface area contributed by atoms with E-state index in [1.165, 1.54) is 5.69 Å². The van der Waals surface area contributed by atoms with Gasteiger partial charge in [-0.05, 0) is 35.7 Å². The fourth-order valence-electron chi connectivity index (χ4n) is 3.11. The van der Waals surface area contributed by atoms with E-state index in [0.29, 0.717) is 0 Å². The van der Waals surface area contributed by atoms with Crippen molar-refractivity contribution in [1.82, 2.24) is 10.1 Å². The topological polar surface area (TPSA) is 41.7 Å². The lowest BCUT2D eigenvalue weighted by molar-refractivity contribution is 0.242. The minimum absolute atomic E-state index is 0.839. The summed E-state index contributed by atoms with van der Waals surface area (Å²) in [6.07, 6.45) is 0. The van der Waals surface area contributed by atoms with Crippen molar-refractivity contribution in [1.29, 1.82) is 0 Å². The van der Waals surface area contributed by atoms with Gasteiger partial charge in [-0.3, -0.25) is 4.90 Å². The minimum Gasteiger partial charge on any atom is -0.497 e. The minimum atomic E-state index is 0.839. The molecule has 0 unspecified atom stereocenters. The van der Waals surface area contributed by atoms with Crippen molar-refractivity contribution in [3.05, 3.63) is 53.5 Å². The number of ether oxygens (including phenoxy) is 1. The van der Waals surface area contributed by atoms with Gasteiger partial charge in [0, 0.05) is 44.5 Å². The molecule has 1 fully saturated rings. The summed E-state index contributed by atoms with van der Waals surface area (Å²) < 4.78 is 10.7. The van der Waals surface area contributed by atoms with Gasteiger partial charge in [-0.15, -0.1) is 11.3 Å². The summed E-state index contributed by atoms with van der Waals surface area (Å²) in [5.41, 5.74) is 2.25. The van der Waals surface area contributed by atoms with E-state index in [4.69, 9.17) is 9.26 Å². The van der Waals surface area contributed by atoms with Crippen LogP contribution in [0, 0.1) is 0 Å². The highest BCUT2D eigenvalue weighted by Gasteiger charge is 2.19. The molecular weight excluding hydrogens is 334 g/mol. The molecule has 25 heavy (non-hydrogen) atoms. The first kappa shape index (κ1) is 16.2. The predicted molar refractivity (Wildman–Crippen MR) is 100 cm³/mol. The molecule has 0 spiro atoms. The molecule has 0 bridgehead atoms. The first-order valence-electron chi connectivity index (χ1n) is 8.42. The molecule has 1 aromatic carbocycles. The Morgan fingerprint density at radius 3 is 2.60 bits per heavy atom. The molecule has 0 aliphatic carbocycles. The van der Waals surface area contributed by atoms with Crippen LogP contribution < -0.4 is 9.64 Å². The fourth-order valence-corrected chi connectivity index (χ4v) is 3.78. The van der Waals surface area contributed by atoms with Crippen LogP contribution in [0.15, 0.2) is 52.4 Å². The summed E-state index contributed by atoms with van der Waals surface area (Å²) in [5, 5.41) is 6.28. The molecule has 1 aliphatic heterocycles. The number of nitrogens with zero attached hydrogens (tertiary/aromatic N) is 3. The number of hydrogen-bond donors (Lipinski definition) is 0. The van der Waals surface area contributed by atoms with Crippen LogP contribution in [0.1, 0.15) is 5.69 Å². The van der Waals surface area contributed by atoms with Crippen LogP contribution in [-0.4, -0.2) is 43.3 Å². The zero-order valence-corrected chi connectivity index (χ0v) is 15.0. The van der Waals surface area contributed by atoms with Gasteiger partial charge in [0.1, 0.15) is 5.75 Å². The monoisotopic (exact) mass is 355 g/mol. The fraction of sp³-hybridized carbons (Fsp3) is 0.316. The van der Waals surface area contributed by atoms with E-state index >= 15 is 0 Å². The average molecular weight is 355 g/mol. The number of aromatic nitrogens is 1. The van der Waals surface area contributed by atoms with Gasteiger partial charge >= 0.3 is 0 Å². The SMILES string of the molecule is COc1ccc(N2CCN(Cc3cc(-c4cccs4)on3)CC2)cc1. The largest absolute Gasteiger partial charge is 0.497 e. The molecule has 0 amide bonds. The van der Waals surface area contributed by atoms with Crippen molar-refractivity contribution in [3.8, 4) is 16.4 Å². The number of anilines is 1.